The Bertz CT molecular complexity index is 2840. The number of aliphatic hydroxyl groups is 7. The van der Waals surface area contributed by atoms with E-state index in [0.29, 0.717) is 11.1 Å². The largest absolute Gasteiger partial charge is 0.506 e. The second-order valence-corrected chi connectivity index (χ2v) is 16.2. The summed E-state index contributed by atoms with van der Waals surface area (Å²) >= 11 is 0. The lowest BCUT2D eigenvalue weighted by Crippen LogP contribution is -2.60. The van der Waals surface area contributed by atoms with Crippen LogP contribution in [0.3, 0.4) is 0 Å². The third-order valence-corrected chi connectivity index (χ3v) is 11.7. The predicted octanol–water partition coefficient (Wildman–Crippen LogP) is 1.19. The Hall–Kier alpha value is -7.45. The number of carbonyl (C=O) groups is 2. The average Bonchev–Trinajstić information content (AvgIpc) is 3.37. The quantitative estimate of drug-likeness (QED) is 0.0377. The first kappa shape index (κ1) is 52.4. The molecule has 1 aromatic heterocycles. The molecule has 0 unspecified atom stereocenters. The second-order valence-electron chi connectivity index (χ2n) is 16.2. The number of fused-ring (bicyclic) bond motifs is 1. The zero-order chi connectivity index (χ0) is 52.1. The van der Waals surface area contributed by atoms with Gasteiger partial charge < -0.3 is 98.1 Å². The fourth-order valence-corrected chi connectivity index (χ4v) is 7.82. The Kier molecular flexibility index (Phi) is 16.2. The molecule has 0 radical (unpaired) electrons. The molecular weight excluding hydrogens is 957 g/mol. The third kappa shape index (κ3) is 10.9. The van der Waals surface area contributed by atoms with E-state index < -0.39 is 114 Å². The van der Waals surface area contributed by atoms with Gasteiger partial charge in [0.2, 0.25) is 17.8 Å². The molecule has 0 amide bonds. The van der Waals surface area contributed by atoms with Crippen molar-refractivity contribution in [3.63, 3.8) is 0 Å². The molecular formula is C49H50O23. The zero-order valence-electron chi connectivity index (χ0n) is 38.5. The maximum atomic E-state index is 13.8. The molecule has 2 saturated heterocycles. The molecule has 0 bridgehead atoms. The van der Waals surface area contributed by atoms with Crippen LogP contribution >= 0.6 is 0 Å². The van der Waals surface area contributed by atoms with E-state index in [1.807, 2.05) is 0 Å². The fraction of sp³-hybridized carbons (Fsp3) is 0.327. The van der Waals surface area contributed by atoms with Crippen molar-refractivity contribution in [2.24, 2.45) is 0 Å². The summed E-state index contributed by atoms with van der Waals surface area (Å²) in [6.45, 7) is -1.44. The Balaban J connectivity index is 1.12. The summed E-state index contributed by atoms with van der Waals surface area (Å²) in [6.07, 6.45) is -12.7. The molecule has 10 N–H and O–H groups in total. The van der Waals surface area contributed by atoms with Crippen molar-refractivity contribution in [2.45, 2.75) is 61.2 Å². The van der Waals surface area contributed by atoms with Crippen LogP contribution in [0.25, 0.3) is 34.4 Å². The molecule has 72 heavy (non-hydrogen) atoms. The van der Waals surface area contributed by atoms with Crippen LogP contribution in [-0.2, 0) is 23.8 Å². The maximum absolute atomic E-state index is 13.8. The molecule has 2 fully saturated rings. The summed E-state index contributed by atoms with van der Waals surface area (Å²) in [7, 11) is 5.27. The number of rotatable bonds is 16. The Labute approximate surface area is 407 Å². The van der Waals surface area contributed by atoms with Crippen molar-refractivity contribution in [3.8, 4) is 63.1 Å². The Morgan fingerprint density at radius 1 is 0.611 bits per heavy atom. The molecule has 384 valence electrons. The number of esters is 2. The summed E-state index contributed by atoms with van der Waals surface area (Å²) in [5, 5.41) is 106. The van der Waals surface area contributed by atoms with Gasteiger partial charge in [0.15, 0.2) is 28.4 Å². The van der Waals surface area contributed by atoms with Crippen molar-refractivity contribution < 1.29 is 108 Å². The van der Waals surface area contributed by atoms with E-state index in [1.165, 1.54) is 89.1 Å². The number of aromatic hydroxyl groups is 3. The lowest BCUT2D eigenvalue weighted by Gasteiger charge is -2.40. The van der Waals surface area contributed by atoms with E-state index in [4.69, 9.17) is 47.0 Å². The molecule has 2 aliphatic heterocycles. The lowest BCUT2D eigenvalue weighted by atomic mass is 9.89. The van der Waals surface area contributed by atoms with Crippen LogP contribution in [0.1, 0.15) is 22.8 Å². The van der Waals surface area contributed by atoms with E-state index in [2.05, 4.69) is 0 Å². The van der Waals surface area contributed by atoms with Crippen LogP contribution in [0.15, 0.2) is 82.0 Å². The van der Waals surface area contributed by atoms with Gasteiger partial charge in [0.1, 0.15) is 95.5 Å². The van der Waals surface area contributed by atoms with Crippen molar-refractivity contribution in [1.29, 1.82) is 0 Å². The van der Waals surface area contributed by atoms with Gasteiger partial charge in [-0.25, -0.2) is 9.59 Å². The minimum atomic E-state index is -2.00. The summed E-state index contributed by atoms with van der Waals surface area (Å²) in [4.78, 5) is 39.8. The van der Waals surface area contributed by atoms with E-state index in [0.717, 1.165) is 24.3 Å². The molecule has 7 rings (SSSR count). The van der Waals surface area contributed by atoms with Gasteiger partial charge in [-0.15, -0.1) is 0 Å². The van der Waals surface area contributed by atoms with Crippen LogP contribution in [0.2, 0.25) is 0 Å². The number of ether oxygens (including phenoxy) is 9. The van der Waals surface area contributed by atoms with Gasteiger partial charge >= 0.3 is 11.9 Å². The molecule has 3 heterocycles. The van der Waals surface area contributed by atoms with Gasteiger partial charge in [-0.05, 0) is 71.8 Å². The molecule has 0 spiro atoms. The second kappa shape index (κ2) is 22.3. The fourth-order valence-electron chi connectivity index (χ4n) is 7.82. The van der Waals surface area contributed by atoms with E-state index in [1.54, 1.807) is 0 Å². The number of benzene rings is 4. The molecule has 2 aliphatic rings. The molecule has 23 heteroatoms. The molecule has 10 atom stereocenters. The predicted molar refractivity (Wildman–Crippen MR) is 247 cm³/mol. The van der Waals surface area contributed by atoms with Crippen molar-refractivity contribution in [1.82, 2.24) is 0 Å². The monoisotopic (exact) mass is 1010 g/mol. The average molecular weight is 1010 g/mol. The van der Waals surface area contributed by atoms with Gasteiger partial charge in [0.25, 0.3) is 0 Å². The molecule has 4 aromatic carbocycles. The van der Waals surface area contributed by atoms with E-state index in [9.17, 15) is 65.4 Å². The molecule has 5 aromatic rings. The highest BCUT2D eigenvalue weighted by molar-refractivity contribution is 5.93. The van der Waals surface area contributed by atoms with E-state index in [-0.39, 0.29) is 57.2 Å². The number of hydrogen-bond donors (Lipinski definition) is 10. The molecule has 23 nitrogen and oxygen atoms in total. The number of methoxy groups -OCH3 is 4. The highest BCUT2D eigenvalue weighted by atomic mass is 16.7. The van der Waals surface area contributed by atoms with Crippen LogP contribution in [0.4, 0.5) is 0 Å². The third-order valence-electron chi connectivity index (χ3n) is 11.7. The van der Waals surface area contributed by atoms with Crippen molar-refractivity contribution >= 4 is 35.1 Å². The first-order valence-electron chi connectivity index (χ1n) is 21.7. The smallest absolute Gasteiger partial charge is 0.336 e. The number of hydrogen-bond acceptors (Lipinski definition) is 23. The van der Waals surface area contributed by atoms with Gasteiger partial charge in [-0.1, -0.05) is 0 Å². The number of aliphatic hydroxyl groups excluding tert-OH is 7. The Morgan fingerprint density at radius 3 is 1.68 bits per heavy atom. The van der Waals surface area contributed by atoms with Crippen LogP contribution in [0, 0.1) is 0 Å². The Morgan fingerprint density at radius 2 is 1.14 bits per heavy atom. The van der Waals surface area contributed by atoms with Crippen LogP contribution < -0.4 is 33.8 Å². The normalized spacial score (nSPS) is 24.3. The van der Waals surface area contributed by atoms with Crippen molar-refractivity contribution in [2.75, 3.05) is 41.7 Å². The van der Waals surface area contributed by atoms with Gasteiger partial charge in [0, 0.05) is 29.8 Å². The van der Waals surface area contributed by atoms with Gasteiger partial charge in [-0.2, -0.15) is 0 Å². The zero-order valence-corrected chi connectivity index (χ0v) is 38.5. The summed E-state index contributed by atoms with van der Waals surface area (Å²) < 4.78 is 54.6. The number of carbonyl (C=O) groups excluding carboxylic acids is 2. The summed E-state index contributed by atoms with van der Waals surface area (Å²) in [6, 6.07) is 13.3. The standard InChI is InChI=1S/C49H50O23/c1-63-29-13-21(14-30(64-2)39(29)54)5-11-35(52)67-20-34-42(57)45(60)47(62)49(72-34)68-24-9-7-23(8-10-24)26-17-25(51)37-27(69-26)18-28(38(43(37)58)48-46(61)44(59)41(56)33(19-50)71-48)70-36(53)12-6-22-15-31(65-3)40(55)32(16-22)66-4/h5-18,33-34,41-42,44-50,54-62H,19-20H2,1-4H3/t33-,34-,41-,42-,44+,45+,46-,47-,48+,49-/m1/s1. The maximum Gasteiger partial charge on any atom is 0.336 e. The van der Waals surface area contributed by atoms with Gasteiger partial charge in [-0.3, -0.25) is 4.79 Å². The summed E-state index contributed by atoms with van der Waals surface area (Å²) in [5.74, 6) is -3.80. The van der Waals surface area contributed by atoms with Crippen LogP contribution in [0.5, 0.6) is 51.7 Å². The topological polar surface area (TPSA) is 350 Å². The first-order valence-corrected chi connectivity index (χ1v) is 21.7. The summed E-state index contributed by atoms with van der Waals surface area (Å²) in [5.41, 5.74) is -0.765. The number of phenolic OH excluding ortho intramolecular Hbond substituents is 3. The number of phenols is 3. The van der Waals surface area contributed by atoms with E-state index >= 15 is 0 Å². The highest BCUT2D eigenvalue weighted by Gasteiger charge is 2.47. The molecule has 0 aliphatic carbocycles. The van der Waals surface area contributed by atoms with Gasteiger partial charge in [0.05, 0.1) is 40.6 Å². The minimum Gasteiger partial charge on any atom is -0.506 e. The lowest BCUT2D eigenvalue weighted by molar-refractivity contribution is -0.278. The first-order chi connectivity index (χ1) is 34.4. The minimum absolute atomic E-state index is 0.0196. The van der Waals surface area contributed by atoms with Crippen LogP contribution in [-0.4, -0.2) is 160 Å². The van der Waals surface area contributed by atoms with Crippen molar-refractivity contribution in [3.05, 3.63) is 99.7 Å². The highest BCUT2D eigenvalue weighted by Crippen LogP contribution is 2.46. The molecule has 0 saturated carbocycles. The SMILES string of the molecule is COc1cc(C=CC(=O)OC[C@H]2O[C@@H](Oc3ccc(-c4cc(=O)c5c(O)c([C@@H]6O[C@H](CO)[C@@H](O)[C@H](O)[C@H]6O)c(OC(=O)C=Cc6cc(OC)c(O)c(OC)c6)cc5o4)cc3)[C@H](O)[C@@H](O)[C@@H]2O)cc(OC)c1O.